The molecule has 0 aliphatic rings. The second-order valence-electron chi connectivity index (χ2n) is 4.64. The second-order valence-corrected chi connectivity index (χ2v) is 4.97. The van der Waals surface area contributed by atoms with Gasteiger partial charge in [-0.3, -0.25) is 4.98 Å². The van der Waals surface area contributed by atoms with Gasteiger partial charge in [0.15, 0.2) is 5.82 Å². The number of aromatic nitrogens is 4. The molecule has 0 bridgehead atoms. The van der Waals surface area contributed by atoms with Gasteiger partial charge < -0.3 is 9.47 Å². The first-order valence-corrected chi connectivity index (χ1v) is 7.12. The van der Waals surface area contributed by atoms with Crippen molar-refractivity contribution >= 4 is 11.6 Å². The molecule has 0 aliphatic carbocycles. The van der Waals surface area contributed by atoms with Gasteiger partial charge in [0.25, 0.3) is 0 Å². The van der Waals surface area contributed by atoms with Crippen LogP contribution in [0.4, 0.5) is 0 Å². The van der Waals surface area contributed by atoms with E-state index in [1.54, 1.807) is 12.4 Å². The van der Waals surface area contributed by atoms with E-state index in [-0.39, 0.29) is 17.4 Å². The molecule has 0 aliphatic heterocycles. The van der Waals surface area contributed by atoms with Crippen LogP contribution in [0.3, 0.4) is 0 Å². The summed E-state index contributed by atoms with van der Waals surface area (Å²) < 4.78 is 11.0. The summed E-state index contributed by atoms with van der Waals surface area (Å²) in [5.74, 6) is 1.07. The topological polar surface area (TPSA) is 70.0 Å². The van der Waals surface area contributed by atoms with Crippen molar-refractivity contribution < 1.29 is 9.47 Å². The molecule has 6 nitrogen and oxygen atoms in total. The normalized spacial score (nSPS) is 10.7. The molecular weight excluding hydrogens is 292 g/mol. The Kier molecular flexibility index (Phi) is 5.27. The van der Waals surface area contributed by atoms with E-state index in [4.69, 9.17) is 21.1 Å². The maximum atomic E-state index is 5.91. The zero-order valence-electron chi connectivity index (χ0n) is 12.2. The molecule has 0 amide bonds. The van der Waals surface area contributed by atoms with Gasteiger partial charge in [-0.05, 0) is 37.9 Å². The first-order valence-electron chi connectivity index (χ1n) is 6.75. The van der Waals surface area contributed by atoms with Crippen molar-refractivity contribution in [2.75, 3.05) is 6.61 Å². The number of hydrogen-bond acceptors (Lipinski definition) is 6. The molecule has 112 valence electrons. The average molecular weight is 309 g/mol. The Morgan fingerprint density at radius 1 is 1.19 bits per heavy atom. The third-order valence-corrected chi connectivity index (χ3v) is 2.54. The summed E-state index contributed by atoms with van der Waals surface area (Å²) in [6.45, 7) is 6.44. The molecule has 0 saturated heterocycles. The van der Waals surface area contributed by atoms with Gasteiger partial charge in [-0.1, -0.05) is 6.92 Å². The molecule has 0 atom stereocenters. The summed E-state index contributed by atoms with van der Waals surface area (Å²) in [6, 6.07) is 2.01. The number of rotatable bonds is 6. The second kappa shape index (κ2) is 7.17. The summed E-state index contributed by atoms with van der Waals surface area (Å²) in [7, 11) is 0. The molecule has 0 fully saturated rings. The zero-order chi connectivity index (χ0) is 15.2. The van der Waals surface area contributed by atoms with E-state index < -0.39 is 0 Å². The molecule has 7 heteroatoms. The lowest BCUT2D eigenvalue weighted by molar-refractivity contribution is 0.222. The molecule has 0 radical (unpaired) electrons. The van der Waals surface area contributed by atoms with Crippen LogP contribution in [0.25, 0.3) is 11.4 Å². The fraction of sp³-hybridized carbons (Fsp3) is 0.429. The predicted octanol–water partition coefficient (Wildman–Crippen LogP) is 3.16. The van der Waals surface area contributed by atoms with Gasteiger partial charge in [-0.15, -0.1) is 0 Å². The minimum absolute atomic E-state index is 0.0475. The lowest BCUT2D eigenvalue weighted by Crippen LogP contribution is -2.09. The minimum atomic E-state index is -0.0475. The molecule has 21 heavy (non-hydrogen) atoms. The molecule has 2 rings (SSSR count). The van der Waals surface area contributed by atoms with Gasteiger partial charge in [-0.25, -0.2) is 0 Å². The van der Waals surface area contributed by atoms with E-state index in [0.717, 1.165) is 6.42 Å². The number of ether oxygens (including phenoxy) is 2. The first kappa shape index (κ1) is 15.4. The van der Waals surface area contributed by atoms with Gasteiger partial charge >= 0.3 is 6.01 Å². The van der Waals surface area contributed by atoms with Crippen molar-refractivity contribution in [1.82, 2.24) is 19.9 Å². The van der Waals surface area contributed by atoms with E-state index in [0.29, 0.717) is 23.7 Å². The Morgan fingerprint density at radius 3 is 2.71 bits per heavy atom. The monoisotopic (exact) mass is 308 g/mol. The highest BCUT2D eigenvalue weighted by Gasteiger charge is 2.11. The Bertz CT molecular complexity index is 607. The highest BCUT2D eigenvalue weighted by molar-refractivity contribution is 6.28. The van der Waals surface area contributed by atoms with Gasteiger partial charge in [0.05, 0.1) is 18.9 Å². The van der Waals surface area contributed by atoms with Crippen molar-refractivity contribution in [2.24, 2.45) is 0 Å². The van der Waals surface area contributed by atoms with Crippen molar-refractivity contribution in [3.63, 3.8) is 0 Å². The van der Waals surface area contributed by atoms with Crippen molar-refractivity contribution in [3.05, 3.63) is 23.7 Å². The van der Waals surface area contributed by atoms with Crippen molar-refractivity contribution in [3.8, 4) is 23.1 Å². The lowest BCUT2D eigenvalue weighted by atomic mass is 10.2. The average Bonchev–Trinajstić information content (AvgIpc) is 2.44. The fourth-order valence-corrected chi connectivity index (χ4v) is 1.72. The summed E-state index contributed by atoms with van der Waals surface area (Å²) in [6.07, 6.45) is 4.17. The Labute approximate surface area is 128 Å². The van der Waals surface area contributed by atoms with Crippen molar-refractivity contribution in [1.29, 1.82) is 0 Å². The summed E-state index contributed by atoms with van der Waals surface area (Å²) in [5, 5.41) is 0.0792. The molecule has 2 heterocycles. The molecule has 0 saturated carbocycles. The first-order chi connectivity index (χ1) is 10.1. The van der Waals surface area contributed by atoms with Crippen LogP contribution in [0.1, 0.15) is 27.2 Å². The van der Waals surface area contributed by atoms with Crippen LogP contribution in [0.5, 0.6) is 11.8 Å². The molecule has 2 aromatic rings. The SMILES string of the molecule is CCCOc1cncc(-c2nc(Cl)nc(OC(C)C)n2)c1. The maximum absolute atomic E-state index is 5.91. The molecule has 0 spiro atoms. The maximum Gasteiger partial charge on any atom is 0.321 e. The predicted molar refractivity (Wildman–Crippen MR) is 79.6 cm³/mol. The zero-order valence-corrected chi connectivity index (χ0v) is 13.0. The van der Waals surface area contributed by atoms with Crippen molar-refractivity contribution in [2.45, 2.75) is 33.3 Å². The standard InChI is InChI=1S/C14H17ClN4O2/c1-4-5-20-11-6-10(7-16-8-11)12-17-13(15)19-14(18-12)21-9(2)3/h6-9H,4-5H2,1-3H3. The third-order valence-electron chi connectivity index (χ3n) is 2.37. The van der Waals surface area contributed by atoms with Gasteiger partial charge in [-0.2, -0.15) is 15.0 Å². The molecule has 0 N–H and O–H groups in total. The highest BCUT2D eigenvalue weighted by Crippen LogP contribution is 2.22. The van der Waals surface area contributed by atoms with E-state index in [2.05, 4.69) is 19.9 Å². The third kappa shape index (κ3) is 4.53. The van der Waals surface area contributed by atoms with E-state index >= 15 is 0 Å². The van der Waals surface area contributed by atoms with Crippen LogP contribution in [0.2, 0.25) is 5.28 Å². The molecular formula is C14H17ClN4O2. The van der Waals surface area contributed by atoms with Gasteiger partial charge in [0.2, 0.25) is 5.28 Å². The minimum Gasteiger partial charge on any atom is -0.492 e. The van der Waals surface area contributed by atoms with E-state index in [9.17, 15) is 0 Å². The Morgan fingerprint density at radius 2 is 2.00 bits per heavy atom. The highest BCUT2D eigenvalue weighted by atomic mass is 35.5. The Balaban J connectivity index is 2.30. The molecule has 2 aromatic heterocycles. The smallest absolute Gasteiger partial charge is 0.321 e. The number of nitrogens with zero attached hydrogens (tertiary/aromatic N) is 4. The van der Waals surface area contributed by atoms with Crippen LogP contribution in [0, 0.1) is 0 Å². The van der Waals surface area contributed by atoms with E-state index in [1.165, 1.54) is 0 Å². The number of halogens is 1. The van der Waals surface area contributed by atoms with Crippen LogP contribution in [0.15, 0.2) is 18.5 Å². The van der Waals surface area contributed by atoms with Crippen LogP contribution in [-0.4, -0.2) is 32.6 Å². The van der Waals surface area contributed by atoms with Crippen LogP contribution >= 0.6 is 11.6 Å². The Hall–Kier alpha value is -1.95. The lowest BCUT2D eigenvalue weighted by Gasteiger charge is -2.09. The van der Waals surface area contributed by atoms with Crippen LogP contribution < -0.4 is 9.47 Å². The largest absolute Gasteiger partial charge is 0.492 e. The van der Waals surface area contributed by atoms with Gasteiger partial charge in [0.1, 0.15) is 5.75 Å². The quantitative estimate of drug-likeness (QED) is 0.816. The molecule has 0 unspecified atom stereocenters. The number of hydrogen-bond donors (Lipinski definition) is 0. The summed E-state index contributed by atoms with van der Waals surface area (Å²) in [5.41, 5.74) is 0.696. The number of pyridine rings is 1. The summed E-state index contributed by atoms with van der Waals surface area (Å²) in [4.78, 5) is 16.4. The van der Waals surface area contributed by atoms with Gasteiger partial charge in [0, 0.05) is 11.8 Å². The summed E-state index contributed by atoms with van der Waals surface area (Å²) >= 11 is 5.91. The van der Waals surface area contributed by atoms with E-state index in [1.807, 2.05) is 26.8 Å². The van der Waals surface area contributed by atoms with Crippen LogP contribution in [-0.2, 0) is 0 Å². The fourth-order valence-electron chi connectivity index (χ4n) is 1.56. The molecule has 0 aromatic carbocycles.